The van der Waals surface area contributed by atoms with Crippen molar-refractivity contribution >= 4 is 23.9 Å². The van der Waals surface area contributed by atoms with Gasteiger partial charge in [0, 0.05) is 25.7 Å². The molecule has 0 amide bonds. The van der Waals surface area contributed by atoms with Crippen LogP contribution in [0.2, 0.25) is 0 Å². The molecule has 0 N–H and O–H groups in total. The molecule has 0 spiro atoms. The quantitative estimate of drug-likeness (QED) is 0.0866. The average molecular weight is 621 g/mol. The zero-order valence-electron chi connectivity index (χ0n) is 26.0. The normalized spacial score (nSPS) is 10.5. The van der Waals surface area contributed by atoms with E-state index in [1.165, 1.54) is 0 Å². The van der Waals surface area contributed by atoms with Gasteiger partial charge in [-0.05, 0) is 92.1 Å². The van der Waals surface area contributed by atoms with Gasteiger partial charge in [0.1, 0.15) is 23.0 Å². The summed E-state index contributed by atoms with van der Waals surface area (Å²) in [6.07, 6.45) is 3.44. The molecule has 0 unspecified atom stereocenters. The van der Waals surface area contributed by atoms with Crippen LogP contribution >= 0.6 is 0 Å². The number of hydrogen-bond acceptors (Lipinski definition) is 10. The van der Waals surface area contributed by atoms with Gasteiger partial charge in [-0.2, -0.15) is 0 Å². The molecule has 0 saturated heterocycles. The van der Waals surface area contributed by atoms with Gasteiger partial charge in [-0.25, -0.2) is 9.59 Å². The van der Waals surface area contributed by atoms with E-state index < -0.39 is 11.9 Å². The molecule has 0 radical (unpaired) electrons. The zero-order chi connectivity index (χ0) is 32.4. The molecule has 3 aromatic carbocycles. The van der Waals surface area contributed by atoms with Crippen LogP contribution in [0.3, 0.4) is 0 Å². The number of aryl methyl sites for hydroxylation is 1. The summed E-state index contributed by atoms with van der Waals surface area (Å²) in [5.41, 5.74) is 1.29. The number of carbonyl (C=O) groups excluding carboxylic acids is 4. The van der Waals surface area contributed by atoms with Crippen molar-refractivity contribution in [2.75, 3.05) is 26.4 Å². The summed E-state index contributed by atoms with van der Waals surface area (Å²) in [7, 11) is 0. The molecule has 10 nitrogen and oxygen atoms in total. The van der Waals surface area contributed by atoms with E-state index in [9.17, 15) is 19.2 Å². The topological polar surface area (TPSA) is 124 Å². The van der Waals surface area contributed by atoms with Crippen LogP contribution in [0.15, 0.2) is 66.7 Å². The first-order valence-electron chi connectivity index (χ1n) is 15.1. The van der Waals surface area contributed by atoms with Crippen LogP contribution in [-0.4, -0.2) is 50.3 Å². The maximum atomic E-state index is 12.7. The largest absolute Gasteiger partial charge is 0.493 e. The SMILES string of the molecule is CCCC(=O)OCCCOc1ccc(C(=O)Oc2ccc(OC(=O)c3ccc(OCCCOC(=O)CCC)cc3)c(C)c2)cc1. The lowest BCUT2D eigenvalue weighted by molar-refractivity contribution is -0.144. The van der Waals surface area contributed by atoms with Crippen LogP contribution in [0.5, 0.6) is 23.0 Å². The summed E-state index contributed by atoms with van der Waals surface area (Å²) in [6, 6.07) is 17.8. The highest BCUT2D eigenvalue weighted by Gasteiger charge is 2.14. The summed E-state index contributed by atoms with van der Waals surface area (Å²) >= 11 is 0. The lowest BCUT2D eigenvalue weighted by atomic mass is 10.2. The van der Waals surface area contributed by atoms with E-state index in [4.69, 9.17) is 28.4 Å². The van der Waals surface area contributed by atoms with Gasteiger partial charge < -0.3 is 28.4 Å². The predicted octanol–water partition coefficient (Wildman–Crippen LogP) is 6.66. The van der Waals surface area contributed by atoms with Crippen molar-refractivity contribution in [2.24, 2.45) is 0 Å². The number of rotatable bonds is 18. The second kappa shape index (κ2) is 18.7. The van der Waals surface area contributed by atoms with Crippen molar-refractivity contribution in [3.05, 3.63) is 83.4 Å². The molecule has 0 bridgehead atoms. The van der Waals surface area contributed by atoms with Gasteiger partial charge >= 0.3 is 23.9 Å². The smallest absolute Gasteiger partial charge is 0.343 e. The van der Waals surface area contributed by atoms with Crippen LogP contribution in [0.1, 0.15) is 78.7 Å². The predicted molar refractivity (Wildman–Crippen MR) is 166 cm³/mol. The van der Waals surface area contributed by atoms with Gasteiger partial charge in [0.05, 0.1) is 37.6 Å². The monoisotopic (exact) mass is 620 g/mol. The molecule has 3 rings (SSSR count). The Labute approximate surface area is 263 Å². The third-order valence-corrected chi connectivity index (χ3v) is 6.29. The number of esters is 4. The molecule has 0 aliphatic carbocycles. The molecule has 0 saturated carbocycles. The van der Waals surface area contributed by atoms with Crippen LogP contribution < -0.4 is 18.9 Å². The molecule has 0 aromatic heterocycles. The van der Waals surface area contributed by atoms with Gasteiger partial charge in [-0.1, -0.05) is 13.8 Å². The third-order valence-electron chi connectivity index (χ3n) is 6.29. The molecule has 0 aliphatic rings. The molecular weight excluding hydrogens is 580 g/mol. The van der Waals surface area contributed by atoms with Crippen LogP contribution in [0.4, 0.5) is 0 Å². The highest BCUT2D eigenvalue weighted by molar-refractivity contribution is 5.92. The van der Waals surface area contributed by atoms with E-state index in [0.717, 1.165) is 12.8 Å². The Morgan fingerprint density at radius 1 is 0.556 bits per heavy atom. The maximum absolute atomic E-state index is 12.7. The first-order chi connectivity index (χ1) is 21.8. The molecule has 10 heteroatoms. The first kappa shape index (κ1) is 34.6. The molecule has 0 fully saturated rings. The number of carbonyl (C=O) groups is 4. The van der Waals surface area contributed by atoms with Crippen molar-refractivity contribution in [1.82, 2.24) is 0 Å². The van der Waals surface area contributed by atoms with E-state index in [1.807, 2.05) is 13.8 Å². The fourth-order valence-corrected chi connectivity index (χ4v) is 3.92. The van der Waals surface area contributed by atoms with Crippen LogP contribution in [-0.2, 0) is 19.1 Å². The Morgan fingerprint density at radius 2 is 1.00 bits per heavy atom. The van der Waals surface area contributed by atoms with Gasteiger partial charge in [0.15, 0.2) is 0 Å². The van der Waals surface area contributed by atoms with Crippen molar-refractivity contribution in [3.63, 3.8) is 0 Å². The summed E-state index contributed by atoms with van der Waals surface area (Å²) in [6.45, 7) is 6.92. The molecule has 3 aromatic rings. The summed E-state index contributed by atoms with van der Waals surface area (Å²) < 4.78 is 32.5. The maximum Gasteiger partial charge on any atom is 0.343 e. The Morgan fingerprint density at radius 3 is 1.44 bits per heavy atom. The van der Waals surface area contributed by atoms with E-state index in [2.05, 4.69) is 0 Å². The van der Waals surface area contributed by atoms with Crippen LogP contribution in [0, 0.1) is 6.92 Å². The fraction of sp³-hybridized carbons (Fsp3) is 0.371. The van der Waals surface area contributed by atoms with E-state index >= 15 is 0 Å². The molecule has 0 atom stereocenters. The minimum atomic E-state index is -0.548. The van der Waals surface area contributed by atoms with Crippen molar-refractivity contribution in [1.29, 1.82) is 0 Å². The van der Waals surface area contributed by atoms with Gasteiger partial charge in [-0.3, -0.25) is 9.59 Å². The molecule has 240 valence electrons. The van der Waals surface area contributed by atoms with E-state index in [0.29, 0.717) is 91.8 Å². The lowest BCUT2D eigenvalue weighted by Crippen LogP contribution is -2.11. The minimum Gasteiger partial charge on any atom is -0.493 e. The number of ether oxygens (including phenoxy) is 6. The number of hydrogen-bond donors (Lipinski definition) is 0. The fourth-order valence-electron chi connectivity index (χ4n) is 3.92. The molecular formula is C35H40O10. The average Bonchev–Trinajstić information content (AvgIpc) is 3.03. The summed E-state index contributed by atoms with van der Waals surface area (Å²) in [5, 5.41) is 0. The van der Waals surface area contributed by atoms with Crippen molar-refractivity contribution in [3.8, 4) is 23.0 Å². The third kappa shape index (κ3) is 12.3. The van der Waals surface area contributed by atoms with E-state index in [-0.39, 0.29) is 11.9 Å². The zero-order valence-corrected chi connectivity index (χ0v) is 26.0. The first-order valence-corrected chi connectivity index (χ1v) is 15.1. The van der Waals surface area contributed by atoms with Crippen molar-refractivity contribution in [2.45, 2.75) is 59.3 Å². The minimum absolute atomic E-state index is 0.211. The molecule has 0 heterocycles. The second-order valence-electron chi connectivity index (χ2n) is 10.1. The number of benzene rings is 3. The Kier molecular flexibility index (Phi) is 14.4. The highest BCUT2D eigenvalue weighted by Crippen LogP contribution is 2.26. The summed E-state index contributed by atoms with van der Waals surface area (Å²) in [5.74, 6) is 0.283. The Balaban J connectivity index is 1.42. The van der Waals surface area contributed by atoms with Crippen LogP contribution in [0.25, 0.3) is 0 Å². The van der Waals surface area contributed by atoms with Gasteiger partial charge in [0.2, 0.25) is 0 Å². The lowest BCUT2D eigenvalue weighted by Gasteiger charge is -2.11. The highest BCUT2D eigenvalue weighted by atomic mass is 16.5. The second-order valence-corrected chi connectivity index (χ2v) is 10.1. The summed E-state index contributed by atoms with van der Waals surface area (Å²) in [4.78, 5) is 48.1. The van der Waals surface area contributed by atoms with Gasteiger partial charge in [0.25, 0.3) is 0 Å². The van der Waals surface area contributed by atoms with Crippen molar-refractivity contribution < 1.29 is 47.6 Å². The van der Waals surface area contributed by atoms with E-state index in [1.54, 1.807) is 73.7 Å². The standard InChI is InChI=1S/C35H40O10/c1-4-8-32(36)42-22-6-20-40-28-14-10-26(11-15-28)34(38)44-30-18-19-31(25(3)24-30)45-35(39)27-12-16-29(17-13-27)41-21-7-23-43-33(37)9-5-2/h10-19,24H,4-9,20-23H2,1-3H3. The Bertz CT molecular complexity index is 1400. The molecule has 45 heavy (non-hydrogen) atoms. The van der Waals surface area contributed by atoms with Gasteiger partial charge in [-0.15, -0.1) is 0 Å². The Hall–Kier alpha value is -4.86. The molecule has 0 aliphatic heterocycles.